The summed E-state index contributed by atoms with van der Waals surface area (Å²) >= 11 is 0. The van der Waals surface area contributed by atoms with Crippen LogP contribution in [0.4, 0.5) is 10.5 Å². The largest absolute Gasteiger partial charge is 0.459 e. The molecule has 234 valence electrons. The first-order chi connectivity index (χ1) is 21.2. The van der Waals surface area contributed by atoms with Gasteiger partial charge in [0.05, 0.1) is 18.8 Å². The van der Waals surface area contributed by atoms with Gasteiger partial charge in [-0.05, 0) is 69.0 Å². The molecule has 4 atom stereocenters. The maximum atomic E-state index is 13.0. The van der Waals surface area contributed by atoms with Crippen molar-refractivity contribution in [3.63, 3.8) is 0 Å². The molecule has 0 spiro atoms. The van der Waals surface area contributed by atoms with Gasteiger partial charge in [0.2, 0.25) is 0 Å². The van der Waals surface area contributed by atoms with Crippen molar-refractivity contribution in [2.75, 3.05) is 18.4 Å². The van der Waals surface area contributed by atoms with Gasteiger partial charge in [-0.1, -0.05) is 66.7 Å². The summed E-state index contributed by atoms with van der Waals surface area (Å²) in [5.74, 6) is -0.189. The molecule has 0 unspecified atom stereocenters. The number of hydrogen-bond donors (Lipinski definition) is 3. The predicted octanol–water partition coefficient (Wildman–Crippen LogP) is 5.85. The van der Waals surface area contributed by atoms with Crippen LogP contribution in [0.3, 0.4) is 0 Å². The van der Waals surface area contributed by atoms with Crippen molar-refractivity contribution in [1.82, 2.24) is 10.2 Å². The number of aliphatic hydroxyl groups is 1. The van der Waals surface area contributed by atoms with Crippen LogP contribution in [-0.4, -0.2) is 52.8 Å². The Bertz CT molecular complexity index is 1370. The van der Waals surface area contributed by atoms with E-state index in [0.717, 1.165) is 41.6 Å². The number of anilines is 1. The Kier molecular flexibility index (Phi) is 10.3. The number of hydrogen-bond acceptors (Lipinski definition) is 7. The van der Waals surface area contributed by atoms with E-state index in [1.807, 2.05) is 99.6 Å². The van der Waals surface area contributed by atoms with Crippen molar-refractivity contribution < 1.29 is 28.9 Å². The van der Waals surface area contributed by atoms with Gasteiger partial charge in [-0.15, -0.1) is 0 Å². The second-order valence-corrected chi connectivity index (χ2v) is 12.5. The highest BCUT2D eigenvalue weighted by Crippen LogP contribution is 2.39. The van der Waals surface area contributed by atoms with E-state index in [1.165, 1.54) is 0 Å². The van der Waals surface area contributed by atoms with E-state index in [2.05, 4.69) is 15.5 Å². The lowest BCUT2D eigenvalue weighted by Crippen LogP contribution is -2.45. The van der Waals surface area contributed by atoms with E-state index in [-0.39, 0.29) is 36.9 Å². The van der Waals surface area contributed by atoms with Crippen LogP contribution in [0, 0.1) is 0 Å². The molecule has 3 N–H and O–H groups in total. The summed E-state index contributed by atoms with van der Waals surface area (Å²) in [6, 6.07) is 24.4. The molecular weight excluding hydrogens is 558 g/mol. The maximum absolute atomic E-state index is 13.0. The summed E-state index contributed by atoms with van der Waals surface area (Å²) < 4.78 is 18.7. The van der Waals surface area contributed by atoms with E-state index in [1.54, 1.807) is 0 Å². The van der Waals surface area contributed by atoms with Crippen molar-refractivity contribution in [1.29, 1.82) is 0 Å². The molecule has 0 aliphatic carbocycles. The van der Waals surface area contributed by atoms with Crippen LogP contribution in [0.15, 0.2) is 78.9 Å². The van der Waals surface area contributed by atoms with Crippen LogP contribution >= 0.6 is 0 Å². The van der Waals surface area contributed by atoms with Crippen LogP contribution in [0.2, 0.25) is 0 Å². The zero-order valence-corrected chi connectivity index (χ0v) is 25.7. The fourth-order valence-corrected chi connectivity index (χ4v) is 5.65. The van der Waals surface area contributed by atoms with Gasteiger partial charge in [0, 0.05) is 30.8 Å². The molecule has 2 aliphatic rings. The third-order valence-electron chi connectivity index (χ3n) is 7.83. The fraction of sp³-hybridized carbons (Fsp3) is 0.429. The highest BCUT2D eigenvalue weighted by atomic mass is 16.7. The van der Waals surface area contributed by atoms with Gasteiger partial charge < -0.3 is 30.0 Å². The lowest BCUT2D eigenvalue weighted by atomic mass is 9.99. The fourth-order valence-electron chi connectivity index (χ4n) is 5.65. The van der Waals surface area contributed by atoms with Crippen molar-refractivity contribution in [2.45, 2.75) is 83.3 Å². The van der Waals surface area contributed by atoms with Crippen LogP contribution in [-0.2, 0) is 32.2 Å². The van der Waals surface area contributed by atoms with Crippen molar-refractivity contribution >= 4 is 17.7 Å². The summed E-state index contributed by atoms with van der Waals surface area (Å²) in [4.78, 5) is 27.6. The number of nitrogens with zero attached hydrogens (tertiary/aromatic N) is 1. The normalized spacial score (nSPS) is 22.4. The Hall–Kier alpha value is -3.76. The van der Waals surface area contributed by atoms with Gasteiger partial charge in [-0.25, -0.2) is 4.79 Å². The number of ether oxygens (including phenoxy) is 3. The zero-order valence-electron chi connectivity index (χ0n) is 25.7. The molecule has 2 fully saturated rings. The van der Waals surface area contributed by atoms with Crippen molar-refractivity contribution in [2.24, 2.45) is 0 Å². The molecule has 2 saturated heterocycles. The molecule has 0 aromatic heterocycles. The molecule has 5 rings (SSSR count). The molecule has 2 aliphatic heterocycles. The number of benzene rings is 3. The SMILES string of the molecule is CC(C)(C)OC(=O)[C@@H]1CCCN1C[C@@H]1C[C@H](c2ccc(CO)cc2)O[C@H](c2ccc(NC(=O)NCc3ccccc3)cc2)O1. The monoisotopic (exact) mass is 601 g/mol. The quantitative estimate of drug-likeness (QED) is 0.264. The number of carbonyl (C=O) groups excluding carboxylic acids is 2. The molecule has 0 saturated carbocycles. The third-order valence-corrected chi connectivity index (χ3v) is 7.83. The number of carbonyl (C=O) groups is 2. The van der Waals surface area contributed by atoms with E-state index in [4.69, 9.17) is 14.2 Å². The number of esters is 1. The van der Waals surface area contributed by atoms with Crippen LogP contribution in [0.25, 0.3) is 0 Å². The minimum atomic E-state index is -0.639. The summed E-state index contributed by atoms with van der Waals surface area (Å²) in [6.07, 6.45) is 1.24. The van der Waals surface area contributed by atoms with E-state index in [0.29, 0.717) is 25.2 Å². The first-order valence-electron chi connectivity index (χ1n) is 15.3. The van der Waals surface area contributed by atoms with E-state index >= 15 is 0 Å². The molecule has 2 heterocycles. The van der Waals surface area contributed by atoms with Gasteiger partial charge in [-0.2, -0.15) is 0 Å². The van der Waals surface area contributed by atoms with Gasteiger partial charge in [-0.3, -0.25) is 9.69 Å². The Morgan fingerprint density at radius 3 is 2.32 bits per heavy atom. The summed E-state index contributed by atoms with van der Waals surface area (Å²) in [5, 5.41) is 15.2. The highest BCUT2D eigenvalue weighted by molar-refractivity contribution is 5.89. The number of urea groups is 1. The van der Waals surface area contributed by atoms with E-state index in [9.17, 15) is 14.7 Å². The summed E-state index contributed by atoms with van der Waals surface area (Å²) in [7, 11) is 0. The Morgan fingerprint density at radius 1 is 0.932 bits per heavy atom. The van der Waals surface area contributed by atoms with Crippen LogP contribution in [0.1, 0.15) is 74.7 Å². The average Bonchev–Trinajstić information content (AvgIpc) is 3.48. The number of aliphatic hydroxyl groups excluding tert-OH is 1. The molecule has 3 aromatic carbocycles. The zero-order chi connectivity index (χ0) is 31.1. The lowest BCUT2D eigenvalue weighted by molar-refractivity contribution is -0.253. The molecule has 9 heteroatoms. The molecule has 44 heavy (non-hydrogen) atoms. The van der Waals surface area contributed by atoms with Crippen LogP contribution < -0.4 is 10.6 Å². The minimum Gasteiger partial charge on any atom is -0.459 e. The highest BCUT2D eigenvalue weighted by Gasteiger charge is 2.38. The number of amides is 2. The molecule has 3 aromatic rings. The van der Waals surface area contributed by atoms with Gasteiger partial charge in [0.1, 0.15) is 11.6 Å². The topological polar surface area (TPSA) is 109 Å². The predicted molar refractivity (Wildman–Crippen MR) is 168 cm³/mol. The van der Waals surface area contributed by atoms with Gasteiger partial charge >= 0.3 is 12.0 Å². The number of likely N-dealkylation sites (tertiary alicyclic amines) is 1. The summed E-state index contributed by atoms with van der Waals surface area (Å²) in [6.45, 7) is 7.46. The smallest absolute Gasteiger partial charge is 0.323 e. The Balaban J connectivity index is 1.27. The summed E-state index contributed by atoms with van der Waals surface area (Å²) in [5.41, 5.74) is 3.79. The van der Waals surface area contributed by atoms with Gasteiger partial charge in [0.15, 0.2) is 6.29 Å². The van der Waals surface area contributed by atoms with Crippen LogP contribution in [0.5, 0.6) is 0 Å². The minimum absolute atomic E-state index is 0.0220. The third kappa shape index (κ3) is 8.66. The lowest BCUT2D eigenvalue weighted by Gasteiger charge is -2.38. The Morgan fingerprint density at radius 2 is 1.64 bits per heavy atom. The molecule has 0 radical (unpaired) electrons. The second-order valence-electron chi connectivity index (χ2n) is 12.5. The Labute approximate surface area is 259 Å². The number of nitrogens with one attached hydrogen (secondary N) is 2. The molecule has 0 bridgehead atoms. The molecular formula is C35H43N3O6. The first kappa shape index (κ1) is 31.7. The van der Waals surface area contributed by atoms with Gasteiger partial charge in [0.25, 0.3) is 0 Å². The average molecular weight is 602 g/mol. The van der Waals surface area contributed by atoms with E-state index < -0.39 is 11.9 Å². The molecule has 2 amide bonds. The molecule has 9 nitrogen and oxygen atoms in total. The number of rotatable bonds is 9. The maximum Gasteiger partial charge on any atom is 0.323 e. The standard InChI is InChI=1S/C35H43N3O6/c1-35(2,3)44-32(40)30-10-7-19-38(30)22-29-20-31(26-13-11-25(23-39)12-14-26)43-33(42-29)27-15-17-28(18-16-27)37-34(41)36-21-24-8-5-4-6-9-24/h4-6,8-9,11-18,29-31,33,39H,7,10,19-23H2,1-3H3,(H2,36,37,41)/t29-,30-,31+,33+/m0/s1. The van der Waals surface area contributed by atoms with Crippen molar-refractivity contribution in [3.05, 3.63) is 101 Å². The van der Waals surface area contributed by atoms with Crippen molar-refractivity contribution in [3.8, 4) is 0 Å². The first-order valence-corrected chi connectivity index (χ1v) is 15.3. The second kappa shape index (κ2) is 14.3.